The summed E-state index contributed by atoms with van der Waals surface area (Å²) >= 11 is 1.23. The number of aromatic nitrogens is 1. The first-order valence-corrected chi connectivity index (χ1v) is 10.9. The maximum absolute atomic E-state index is 12.4. The van der Waals surface area contributed by atoms with E-state index >= 15 is 0 Å². The third-order valence-electron chi connectivity index (χ3n) is 4.71. The van der Waals surface area contributed by atoms with Gasteiger partial charge in [-0.15, -0.1) is 11.3 Å². The monoisotopic (exact) mass is 430 g/mol. The minimum Gasteiger partial charge on any atom is -0.383 e. The number of carbonyl (C=O) groups excluding carboxylic acids is 2. The molecule has 6 nitrogen and oxygen atoms in total. The number of benzene rings is 3. The highest BCUT2D eigenvalue weighted by atomic mass is 32.1. The first-order chi connectivity index (χ1) is 15.2. The summed E-state index contributed by atoms with van der Waals surface area (Å²) in [5.74, 6) is -0.425. The normalized spacial score (nSPS) is 10.6. The van der Waals surface area contributed by atoms with Crippen molar-refractivity contribution >= 4 is 44.7 Å². The molecule has 0 saturated carbocycles. The van der Waals surface area contributed by atoms with Crippen LogP contribution in [0.4, 0.5) is 10.8 Å². The average molecular weight is 431 g/mol. The van der Waals surface area contributed by atoms with Gasteiger partial charge in [-0.25, -0.2) is 4.98 Å². The lowest BCUT2D eigenvalue weighted by Gasteiger charge is -2.10. The Bertz CT molecular complexity index is 1190. The van der Waals surface area contributed by atoms with Crippen molar-refractivity contribution in [3.63, 3.8) is 0 Å². The van der Waals surface area contributed by atoms with Gasteiger partial charge in [0.05, 0.1) is 6.42 Å². The van der Waals surface area contributed by atoms with E-state index in [0.29, 0.717) is 23.9 Å². The second kappa shape index (κ2) is 9.86. The first-order valence-electron chi connectivity index (χ1n) is 9.98. The molecule has 0 radical (unpaired) electrons. The molecule has 0 aliphatic rings. The Morgan fingerprint density at radius 1 is 0.871 bits per heavy atom. The van der Waals surface area contributed by atoms with E-state index < -0.39 is 0 Å². The summed E-state index contributed by atoms with van der Waals surface area (Å²) in [6.45, 7) is 1.04. The van der Waals surface area contributed by atoms with Gasteiger partial charge in [0.2, 0.25) is 5.91 Å². The van der Waals surface area contributed by atoms with Gasteiger partial charge >= 0.3 is 0 Å². The third kappa shape index (κ3) is 5.46. The lowest BCUT2D eigenvalue weighted by atomic mass is 10.1. The largest absolute Gasteiger partial charge is 0.383 e. The summed E-state index contributed by atoms with van der Waals surface area (Å²) in [5.41, 5.74) is 2.25. The fraction of sp³-hybridized carbons (Fsp3) is 0.125. The maximum Gasteiger partial charge on any atom is 0.270 e. The third-order valence-corrected chi connectivity index (χ3v) is 5.46. The van der Waals surface area contributed by atoms with Crippen LogP contribution in [0, 0.1) is 0 Å². The molecule has 3 aromatic carbocycles. The van der Waals surface area contributed by atoms with Crippen LogP contribution < -0.4 is 16.0 Å². The van der Waals surface area contributed by atoms with Crippen molar-refractivity contribution in [1.29, 1.82) is 0 Å². The summed E-state index contributed by atoms with van der Waals surface area (Å²) < 4.78 is 0. The van der Waals surface area contributed by atoms with Crippen molar-refractivity contribution in [3.05, 3.63) is 89.4 Å². The number of thiazole rings is 1. The zero-order valence-corrected chi connectivity index (χ0v) is 17.6. The number of rotatable bonds is 8. The van der Waals surface area contributed by atoms with Crippen molar-refractivity contribution in [2.45, 2.75) is 6.42 Å². The molecular formula is C24H22N4O2S. The van der Waals surface area contributed by atoms with Crippen LogP contribution in [0.3, 0.4) is 0 Å². The van der Waals surface area contributed by atoms with Crippen molar-refractivity contribution < 1.29 is 9.59 Å². The molecule has 156 valence electrons. The summed E-state index contributed by atoms with van der Waals surface area (Å²) in [7, 11) is 0. The zero-order valence-electron chi connectivity index (χ0n) is 16.8. The van der Waals surface area contributed by atoms with Crippen molar-refractivity contribution in [3.8, 4) is 0 Å². The fourth-order valence-corrected chi connectivity index (χ4v) is 3.93. The Kier molecular flexibility index (Phi) is 6.54. The van der Waals surface area contributed by atoms with Crippen molar-refractivity contribution in [2.24, 2.45) is 0 Å². The molecule has 7 heteroatoms. The number of carbonyl (C=O) groups is 2. The van der Waals surface area contributed by atoms with E-state index in [1.807, 2.05) is 54.6 Å². The van der Waals surface area contributed by atoms with Gasteiger partial charge in [-0.05, 0) is 17.0 Å². The average Bonchev–Trinajstić information content (AvgIpc) is 3.25. The highest BCUT2D eigenvalue weighted by molar-refractivity contribution is 7.14. The molecule has 0 spiro atoms. The van der Waals surface area contributed by atoms with Gasteiger partial charge in [-0.2, -0.15) is 0 Å². The number of anilines is 2. The number of amides is 2. The number of hydrogen-bond acceptors (Lipinski definition) is 5. The standard InChI is InChI=1S/C24H22N4O2S/c29-22(15-17-7-2-1-3-8-17)28-24-27-21(16-31-24)23(30)26-14-13-25-20-12-6-10-18-9-4-5-11-19(18)20/h1-12,16,25H,13-15H2,(H,26,30)(H,27,28,29). The van der Waals surface area contributed by atoms with E-state index in [-0.39, 0.29) is 18.2 Å². The van der Waals surface area contributed by atoms with E-state index in [1.165, 1.54) is 16.7 Å². The van der Waals surface area contributed by atoms with Gasteiger partial charge in [-0.3, -0.25) is 9.59 Å². The molecule has 4 rings (SSSR count). The topological polar surface area (TPSA) is 83.1 Å². The summed E-state index contributed by atoms with van der Waals surface area (Å²) in [4.78, 5) is 28.7. The number of nitrogens with zero attached hydrogens (tertiary/aromatic N) is 1. The smallest absolute Gasteiger partial charge is 0.270 e. The predicted molar refractivity (Wildman–Crippen MR) is 126 cm³/mol. The second-order valence-electron chi connectivity index (χ2n) is 6.96. The Morgan fingerprint density at radius 3 is 2.52 bits per heavy atom. The summed E-state index contributed by atoms with van der Waals surface area (Å²) in [6, 6.07) is 23.7. The van der Waals surface area contributed by atoms with Crippen LogP contribution in [-0.4, -0.2) is 29.9 Å². The molecule has 31 heavy (non-hydrogen) atoms. The van der Waals surface area contributed by atoms with Crippen LogP contribution >= 0.6 is 11.3 Å². The van der Waals surface area contributed by atoms with Gasteiger partial charge < -0.3 is 16.0 Å². The van der Waals surface area contributed by atoms with Crippen LogP contribution in [0.2, 0.25) is 0 Å². The molecule has 0 unspecified atom stereocenters. The minimum absolute atomic E-state index is 0.160. The summed E-state index contributed by atoms with van der Waals surface area (Å²) in [6.07, 6.45) is 0.266. The van der Waals surface area contributed by atoms with E-state index in [2.05, 4.69) is 39.1 Å². The molecule has 3 N–H and O–H groups in total. The van der Waals surface area contributed by atoms with Crippen molar-refractivity contribution in [2.75, 3.05) is 23.7 Å². The SMILES string of the molecule is O=C(Cc1ccccc1)Nc1nc(C(=O)NCCNc2cccc3ccccc23)cs1. The van der Waals surface area contributed by atoms with E-state index in [0.717, 1.165) is 16.6 Å². The predicted octanol–water partition coefficient (Wildman–Crippen LogP) is 4.32. The van der Waals surface area contributed by atoms with E-state index in [4.69, 9.17) is 0 Å². The molecule has 0 fully saturated rings. The molecule has 0 aliphatic carbocycles. The molecule has 0 bridgehead atoms. The fourth-order valence-electron chi connectivity index (χ4n) is 3.22. The molecule has 0 saturated heterocycles. The Balaban J connectivity index is 1.25. The number of hydrogen-bond donors (Lipinski definition) is 3. The second-order valence-corrected chi connectivity index (χ2v) is 7.82. The first kappa shape index (κ1) is 20.6. The van der Waals surface area contributed by atoms with Gasteiger partial charge in [-0.1, -0.05) is 66.7 Å². The minimum atomic E-state index is -0.264. The molecule has 0 aliphatic heterocycles. The van der Waals surface area contributed by atoms with Gasteiger partial charge in [0.15, 0.2) is 5.13 Å². The molecule has 1 aromatic heterocycles. The Labute approximate surface area is 184 Å². The van der Waals surface area contributed by atoms with Crippen LogP contribution in [-0.2, 0) is 11.2 Å². The molecule has 1 heterocycles. The highest BCUT2D eigenvalue weighted by Crippen LogP contribution is 2.22. The highest BCUT2D eigenvalue weighted by Gasteiger charge is 2.12. The van der Waals surface area contributed by atoms with Crippen LogP contribution in [0.5, 0.6) is 0 Å². The summed E-state index contributed by atoms with van der Waals surface area (Å²) in [5, 5.41) is 13.3. The zero-order chi connectivity index (χ0) is 21.5. The van der Waals surface area contributed by atoms with Gasteiger partial charge in [0.1, 0.15) is 5.69 Å². The Morgan fingerprint density at radius 2 is 1.65 bits per heavy atom. The van der Waals surface area contributed by atoms with Crippen LogP contribution in [0.1, 0.15) is 16.1 Å². The molecule has 2 amide bonds. The lowest BCUT2D eigenvalue weighted by molar-refractivity contribution is -0.115. The van der Waals surface area contributed by atoms with Crippen LogP contribution in [0.25, 0.3) is 10.8 Å². The molecule has 0 atom stereocenters. The number of fused-ring (bicyclic) bond motifs is 1. The lowest BCUT2D eigenvalue weighted by Crippen LogP contribution is -2.29. The maximum atomic E-state index is 12.4. The number of nitrogens with one attached hydrogen (secondary N) is 3. The Hall–Kier alpha value is -3.71. The van der Waals surface area contributed by atoms with Gasteiger partial charge in [0.25, 0.3) is 5.91 Å². The molecule has 4 aromatic rings. The molecular weight excluding hydrogens is 408 g/mol. The van der Waals surface area contributed by atoms with E-state index in [9.17, 15) is 9.59 Å². The van der Waals surface area contributed by atoms with E-state index in [1.54, 1.807) is 5.38 Å². The quantitative estimate of drug-likeness (QED) is 0.364. The van der Waals surface area contributed by atoms with Gasteiger partial charge in [0, 0.05) is 29.5 Å². The van der Waals surface area contributed by atoms with Crippen LogP contribution in [0.15, 0.2) is 78.2 Å². The van der Waals surface area contributed by atoms with Crippen molar-refractivity contribution in [1.82, 2.24) is 10.3 Å².